The monoisotopic (exact) mass is 278 g/mol. The molecule has 1 atom stereocenters. The number of aromatic nitrogens is 3. The zero-order chi connectivity index (χ0) is 14.0. The van der Waals surface area contributed by atoms with Gasteiger partial charge in [0.05, 0.1) is 28.1 Å². The van der Waals surface area contributed by atoms with Gasteiger partial charge in [-0.2, -0.15) is 5.10 Å². The van der Waals surface area contributed by atoms with Crippen LogP contribution in [0.5, 0.6) is 0 Å². The Hall–Kier alpha value is -1.39. The van der Waals surface area contributed by atoms with Gasteiger partial charge < -0.3 is 5.32 Å². The Labute approximate surface area is 118 Å². The fourth-order valence-corrected chi connectivity index (χ4v) is 2.44. The predicted molar refractivity (Wildman–Crippen MR) is 77.4 cm³/mol. The van der Waals surface area contributed by atoms with Crippen LogP contribution in [0.1, 0.15) is 28.7 Å². The first-order valence-electron chi connectivity index (χ1n) is 6.30. The van der Waals surface area contributed by atoms with Crippen LogP contribution in [0.15, 0.2) is 18.3 Å². The maximum atomic E-state index is 6.30. The molecule has 5 heteroatoms. The number of aryl methyl sites for hydroxylation is 3. The molecule has 0 saturated carbocycles. The Kier molecular flexibility index (Phi) is 4.22. The van der Waals surface area contributed by atoms with Crippen molar-refractivity contribution in [1.29, 1.82) is 0 Å². The van der Waals surface area contributed by atoms with Crippen LogP contribution in [0.4, 0.5) is 0 Å². The van der Waals surface area contributed by atoms with E-state index < -0.39 is 0 Å². The van der Waals surface area contributed by atoms with Crippen molar-refractivity contribution in [3.05, 3.63) is 46.0 Å². The van der Waals surface area contributed by atoms with E-state index in [9.17, 15) is 0 Å². The molecule has 0 spiro atoms. The molecule has 0 aliphatic heterocycles. The molecular formula is C14H19ClN4. The van der Waals surface area contributed by atoms with Gasteiger partial charge in [0, 0.05) is 19.7 Å². The van der Waals surface area contributed by atoms with Gasteiger partial charge in [0.1, 0.15) is 0 Å². The first kappa shape index (κ1) is 14.0. The van der Waals surface area contributed by atoms with Crippen molar-refractivity contribution in [3.8, 4) is 0 Å². The summed E-state index contributed by atoms with van der Waals surface area (Å²) in [6, 6.07) is 4.22. The third kappa shape index (κ3) is 2.96. The molecule has 0 saturated heterocycles. The van der Waals surface area contributed by atoms with Crippen LogP contribution in [0.25, 0.3) is 0 Å². The summed E-state index contributed by atoms with van der Waals surface area (Å²) in [5, 5.41) is 8.39. The first-order valence-corrected chi connectivity index (χ1v) is 6.68. The van der Waals surface area contributed by atoms with Gasteiger partial charge in [-0.25, -0.2) is 0 Å². The van der Waals surface area contributed by atoms with E-state index in [2.05, 4.69) is 28.4 Å². The molecule has 0 aromatic carbocycles. The number of hydrogen-bond acceptors (Lipinski definition) is 3. The second-order valence-corrected chi connectivity index (χ2v) is 5.15. The van der Waals surface area contributed by atoms with E-state index in [1.165, 1.54) is 5.56 Å². The van der Waals surface area contributed by atoms with E-state index in [1.54, 1.807) is 0 Å². The van der Waals surface area contributed by atoms with Crippen LogP contribution in [-0.4, -0.2) is 21.8 Å². The molecule has 0 amide bonds. The summed E-state index contributed by atoms with van der Waals surface area (Å²) >= 11 is 6.30. The number of hydrogen-bond donors (Lipinski definition) is 1. The summed E-state index contributed by atoms with van der Waals surface area (Å²) in [7, 11) is 3.86. The number of nitrogens with zero attached hydrogens (tertiary/aromatic N) is 3. The van der Waals surface area contributed by atoms with Gasteiger partial charge in [-0.1, -0.05) is 11.6 Å². The van der Waals surface area contributed by atoms with Gasteiger partial charge in [0.2, 0.25) is 0 Å². The van der Waals surface area contributed by atoms with E-state index >= 15 is 0 Å². The molecule has 2 rings (SSSR count). The third-order valence-corrected chi connectivity index (χ3v) is 3.79. The Balaban J connectivity index is 2.29. The summed E-state index contributed by atoms with van der Waals surface area (Å²) in [5.74, 6) is 0. The molecule has 19 heavy (non-hydrogen) atoms. The zero-order valence-electron chi connectivity index (χ0n) is 11.7. The van der Waals surface area contributed by atoms with Crippen molar-refractivity contribution < 1.29 is 0 Å². The number of likely N-dealkylation sites (N-methyl/N-ethyl adjacent to an activating group) is 1. The SMILES string of the molecule is CNC(Cc1c(Cl)c(C)nn1C)c1cc(C)ccn1. The summed E-state index contributed by atoms with van der Waals surface area (Å²) in [6.45, 7) is 3.99. The minimum Gasteiger partial charge on any atom is -0.311 e. The van der Waals surface area contributed by atoms with Crippen molar-refractivity contribution in [2.45, 2.75) is 26.3 Å². The van der Waals surface area contributed by atoms with Crippen LogP contribution >= 0.6 is 11.6 Å². The number of rotatable bonds is 4. The minimum atomic E-state index is 0.132. The second-order valence-electron chi connectivity index (χ2n) is 4.77. The molecule has 0 fully saturated rings. The molecule has 1 unspecified atom stereocenters. The van der Waals surface area contributed by atoms with Gasteiger partial charge in [0.25, 0.3) is 0 Å². The quantitative estimate of drug-likeness (QED) is 0.935. The highest BCUT2D eigenvalue weighted by atomic mass is 35.5. The summed E-state index contributed by atoms with van der Waals surface area (Å²) < 4.78 is 1.85. The fourth-order valence-electron chi connectivity index (χ4n) is 2.20. The summed E-state index contributed by atoms with van der Waals surface area (Å²) in [6.07, 6.45) is 2.61. The molecule has 0 aliphatic carbocycles. The van der Waals surface area contributed by atoms with Crippen molar-refractivity contribution >= 4 is 11.6 Å². The number of halogens is 1. The number of pyridine rings is 1. The van der Waals surface area contributed by atoms with Crippen LogP contribution in [0.2, 0.25) is 5.02 Å². The van der Waals surface area contributed by atoms with Gasteiger partial charge in [-0.3, -0.25) is 9.67 Å². The topological polar surface area (TPSA) is 42.7 Å². The van der Waals surface area contributed by atoms with Crippen LogP contribution in [0, 0.1) is 13.8 Å². The highest BCUT2D eigenvalue weighted by Gasteiger charge is 2.18. The molecule has 2 aromatic heterocycles. The normalized spacial score (nSPS) is 12.7. The second kappa shape index (κ2) is 5.72. The zero-order valence-corrected chi connectivity index (χ0v) is 12.5. The molecule has 0 bridgehead atoms. The molecule has 4 nitrogen and oxygen atoms in total. The van der Waals surface area contributed by atoms with Crippen LogP contribution < -0.4 is 5.32 Å². The average molecular weight is 279 g/mol. The van der Waals surface area contributed by atoms with Gasteiger partial charge in [-0.15, -0.1) is 0 Å². The van der Waals surface area contributed by atoms with Crippen LogP contribution in [-0.2, 0) is 13.5 Å². The first-order chi connectivity index (χ1) is 9.02. The predicted octanol–water partition coefficient (Wildman–Crippen LogP) is 2.59. The lowest BCUT2D eigenvalue weighted by Crippen LogP contribution is -2.21. The minimum absolute atomic E-state index is 0.132. The average Bonchev–Trinajstić information content (AvgIpc) is 2.61. The maximum absolute atomic E-state index is 6.30. The van der Waals surface area contributed by atoms with Crippen molar-refractivity contribution in [1.82, 2.24) is 20.1 Å². The maximum Gasteiger partial charge on any atom is 0.0847 e. The highest BCUT2D eigenvalue weighted by molar-refractivity contribution is 6.31. The highest BCUT2D eigenvalue weighted by Crippen LogP contribution is 2.24. The Bertz CT molecular complexity index is 577. The van der Waals surface area contributed by atoms with Gasteiger partial charge in [-0.05, 0) is 38.6 Å². The molecule has 102 valence electrons. The lowest BCUT2D eigenvalue weighted by Gasteiger charge is -2.16. The van der Waals surface area contributed by atoms with E-state index in [4.69, 9.17) is 11.6 Å². The molecular weight excluding hydrogens is 260 g/mol. The van der Waals surface area contributed by atoms with E-state index in [1.807, 2.05) is 38.0 Å². The van der Waals surface area contributed by atoms with Crippen molar-refractivity contribution in [2.24, 2.45) is 7.05 Å². The lowest BCUT2D eigenvalue weighted by molar-refractivity contribution is 0.548. The van der Waals surface area contributed by atoms with Crippen molar-refractivity contribution in [3.63, 3.8) is 0 Å². The van der Waals surface area contributed by atoms with E-state index in [0.717, 1.165) is 28.5 Å². The largest absolute Gasteiger partial charge is 0.311 e. The molecule has 0 radical (unpaired) electrons. The smallest absolute Gasteiger partial charge is 0.0847 e. The summed E-state index contributed by atoms with van der Waals surface area (Å²) in [5.41, 5.74) is 4.13. The summed E-state index contributed by atoms with van der Waals surface area (Å²) in [4.78, 5) is 4.44. The van der Waals surface area contributed by atoms with E-state index in [0.29, 0.717) is 0 Å². The molecule has 1 N–H and O–H groups in total. The molecule has 2 heterocycles. The van der Waals surface area contributed by atoms with Crippen molar-refractivity contribution in [2.75, 3.05) is 7.05 Å². The fraction of sp³-hybridized carbons (Fsp3) is 0.429. The third-order valence-electron chi connectivity index (χ3n) is 3.30. The van der Waals surface area contributed by atoms with Gasteiger partial charge >= 0.3 is 0 Å². The molecule has 0 aliphatic rings. The number of nitrogens with one attached hydrogen (secondary N) is 1. The van der Waals surface area contributed by atoms with E-state index in [-0.39, 0.29) is 6.04 Å². The Morgan fingerprint density at radius 1 is 1.42 bits per heavy atom. The van der Waals surface area contributed by atoms with Gasteiger partial charge in [0.15, 0.2) is 0 Å². The lowest BCUT2D eigenvalue weighted by atomic mass is 10.1. The molecule has 2 aromatic rings. The standard InChI is InChI=1S/C14H19ClN4/c1-9-5-6-17-12(7-9)11(16-3)8-13-14(15)10(2)18-19(13)4/h5-7,11,16H,8H2,1-4H3. The van der Waals surface area contributed by atoms with Crippen LogP contribution in [0.3, 0.4) is 0 Å². The Morgan fingerprint density at radius 2 is 2.16 bits per heavy atom. The Morgan fingerprint density at radius 3 is 2.68 bits per heavy atom.